The Balaban J connectivity index is 1.04. The monoisotopic (exact) mass is 1200 g/mol. The lowest BCUT2D eigenvalue weighted by Gasteiger charge is -2.45. The van der Waals surface area contributed by atoms with Crippen molar-refractivity contribution >= 4 is 85.6 Å². The zero-order chi connectivity index (χ0) is 64.7. The fourth-order valence-corrected chi connectivity index (χ4v) is 16.2. The van der Waals surface area contributed by atoms with Crippen LogP contribution in [0.3, 0.4) is 0 Å². The summed E-state index contributed by atoms with van der Waals surface area (Å²) in [4.78, 5) is 5.18. The van der Waals surface area contributed by atoms with E-state index >= 15 is 0 Å². The summed E-state index contributed by atoms with van der Waals surface area (Å²) in [5.41, 5.74) is 32.3. The maximum Gasteiger partial charge on any atom is 0.198 e. The molecular formula is C86H96BN3O. The molecule has 9 aromatic carbocycles. The molecule has 0 fully saturated rings. The number of furan rings is 1. The van der Waals surface area contributed by atoms with E-state index in [0.29, 0.717) is 0 Å². The first-order valence-corrected chi connectivity index (χ1v) is 33.9. The summed E-state index contributed by atoms with van der Waals surface area (Å²) in [5, 5.41) is 6.43. The van der Waals surface area contributed by atoms with Crippen LogP contribution in [0.15, 0.2) is 162 Å². The summed E-state index contributed by atoms with van der Waals surface area (Å²) in [6, 6.07) is 61.7. The van der Waals surface area contributed by atoms with Gasteiger partial charge in [0.25, 0.3) is 0 Å². The molecule has 10 aromatic rings. The number of aryl methyl sites for hydroxylation is 1. The lowest BCUT2D eigenvalue weighted by molar-refractivity contribution is 0.331. The van der Waals surface area contributed by atoms with Gasteiger partial charge in [-0.25, -0.2) is 0 Å². The first kappa shape index (κ1) is 60.8. The Labute approximate surface area is 545 Å². The molecule has 0 amide bonds. The van der Waals surface area contributed by atoms with Gasteiger partial charge in [-0.1, -0.05) is 210 Å². The number of hydrogen-bond acceptors (Lipinski definition) is 4. The summed E-state index contributed by atoms with van der Waals surface area (Å²) in [5.74, 6) is 0. The zero-order valence-corrected chi connectivity index (χ0v) is 58.3. The van der Waals surface area contributed by atoms with Gasteiger partial charge in [0, 0.05) is 72.8 Å². The summed E-state index contributed by atoms with van der Waals surface area (Å²) in [6.07, 6.45) is 4.62. The minimum Gasteiger partial charge on any atom is -0.455 e. The van der Waals surface area contributed by atoms with Gasteiger partial charge in [0.1, 0.15) is 11.2 Å². The number of rotatable bonds is 7. The molecule has 0 radical (unpaired) electrons. The number of fused-ring (bicyclic) bond motifs is 10. The molecule has 14 rings (SSSR count). The fourth-order valence-electron chi connectivity index (χ4n) is 16.2. The van der Waals surface area contributed by atoms with Crippen molar-refractivity contribution in [3.05, 3.63) is 213 Å². The van der Waals surface area contributed by atoms with Gasteiger partial charge >= 0.3 is 0 Å². The Morgan fingerprint density at radius 2 is 0.923 bits per heavy atom. The topological polar surface area (TPSA) is 31.7 Å². The Morgan fingerprint density at radius 1 is 0.440 bits per heavy atom. The molecule has 0 spiro atoms. The average molecular weight is 1200 g/mol. The van der Waals surface area contributed by atoms with E-state index in [0.717, 1.165) is 88.0 Å². The van der Waals surface area contributed by atoms with E-state index in [2.05, 4.69) is 311 Å². The number of nitrogens with one attached hydrogen (secondary N) is 1. The maximum atomic E-state index is 7.45. The molecule has 0 saturated heterocycles. The highest BCUT2D eigenvalue weighted by Gasteiger charge is 2.44. The molecule has 5 heteroatoms. The van der Waals surface area contributed by atoms with Crippen LogP contribution in [-0.2, 0) is 43.3 Å². The molecule has 1 aliphatic heterocycles. The normalized spacial score (nSPS) is 17.3. The third kappa shape index (κ3) is 9.99. The van der Waals surface area contributed by atoms with Crippen molar-refractivity contribution in [3.8, 4) is 22.3 Å². The van der Waals surface area contributed by atoms with Crippen LogP contribution in [0.25, 0.3) is 44.2 Å². The van der Waals surface area contributed by atoms with Crippen LogP contribution < -0.4 is 26.0 Å². The van der Waals surface area contributed by atoms with Gasteiger partial charge in [-0.2, -0.15) is 0 Å². The molecule has 0 bridgehead atoms. The third-order valence-electron chi connectivity index (χ3n) is 22.4. The number of para-hydroxylation sites is 1. The predicted molar refractivity (Wildman–Crippen MR) is 394 cm³/mol. The predicted octanol–water partition coefficient (Wildman–Crippen LogP) is 22.8. The molecule has 3 aliphatic carbocycles. The van der Waals surface area contributed by atoms with Crippen molar-refractivity contribution in [2.45, 2.75) is 207 Å². The molecule has 2 heterocycles. The number of nitrogens with zero attached hydrogens (tertiary/aromatic N) is 2. The third-order valence-corrected chi connectivity index (χ3v) is 22.4. The van der Waals surface area contributed by atoms with Gasteiger partial charge in [0.05, 0.1) is 0 Å². The summed E-state index contributed by atoms with van der Waals surface area (Å²) in [7, 11) is 0.751. The summed E-state index contributed by atoms with van der Waals surface area (Å²) < 4.78 is 7.45. The fraction of sp³-hybridized carbons (Fsp3) is 0.372. The molecule has 1 N–H and O–H groups in total. The van der Waals surface area contributed by atoms with Crippen molar-refractivity contribution < 1.29 is 4.42 Å². The SMILES string of the molecule is Cc1cc2c(cc1N1c3cc4c(cc3Bc3c1cc1c(oc5ccccc51)c3-c1cc3c(cc1Nc1ccc(C(C)(C)C)cc1)C(C)(C)c1cc(N(c5ccc(C(C)(C)C)cc5)c5ccc(C(C)(C)C)cc5)ccc1-3)C(C)(C)CCC4(C)C)C(C)(C)CCC2(C)C. The van der Waals surface area contributed by atoms with Gasteiger partial charge in [-0.05, 0) is 228 Å². The summed E-state index contributed by atoms with van der Waals surface area (Å²) >= 11 is 0. The van der Waals surface area contributed by atoms with Crippen molar-refractivity contribution in [2.24, 2.45) is 0 Å². The number of anilines is 8. The molecule has 1 aromatic heterocycles. The van der Waals surface area contributed by atoms with Gasteiger partial charge in [-0.3, -0.25) is 0 Å². The van der Waals surface area contributed by atoms with Crippen LogP contribution in [0.5, 0.6) is 0 Å². The van der Waals surface area contributed by atoms with E-state index in [1.165, 1.54) is 101 Å². The van der Waals surface area contributed by atoms with Crippen LogP contribution in [0.4, 0.5) is 45.5 Å². The number of hydrogen-bond donors (Lipinski definition) is 1. The van der Waals surface area contributed by atoms with E-state index < -0.39 is 0 Å². The van der Waals surface area contributed by atoms with E-state index in [1.54, 1.807) is 0 Å². The van der Waals surface area contributed by atoms with Crippen LogP contribution in [0.1, 0.15) is 213 Å². The van der Waals surface area contributed by atoms with Crippen LogP contribution >= 0.6 is 0 Å². The van der Waals surface area contributed by atoms with Crippen LogP contribution in [0.2, 0.25) is 0 Å². The Morgan fingerprint density at radius 3 is 1.47 bits per heavy atom. The Kier molecular flexibility index (Phi) is 13.6. The zero-order valence-electron chi connectivity index (χ0n) is 58.3. The Bertz CT molecular complexity index is 4520. The molecular weight excluding hydrogens is 1100 g/mol. The lowest BCUT2D eigenvalue weighted by atomic mass is 9.55. The minimum atomic E-state index is -0.365. The highest BCUT2D eigenvalue weighted by Crippen LogP contribution is 2.57. The molecule has 91 heavy (non-hydrogen) atoms. The minimum absolute atomic E-state index is 0.0119. The summed E-state index contributed by atoms with van der Waals surface area (Å²) in [6.45, 7) is 47.7. The highest BCUT2D eigenvalue weighted by atomic mass is 16.3. The molecule has 4 nitrogen and oxygen atoms in total. The van der Waals surface area contributed by atoms with Gasteiger partial charge in [-0.15, -0.1) is 0 Å². The molecule has 4 aliphatic rings. The second-order valence-corrected chi connectivity index (χ2v) is 34.2. The van der Waals surface area contributed by atoms with Gasteiger partial charge < -0.3 is 19.5 Å². The van der Waals surface area contributed by atoms with E-state index in [-0.39, 0.29) is 43.3 Å². The second-order valence-electron chi connectivity index (χ2n) is 34.2. The van der Waals surface area contributed by atoms with Gasteiger partial charge in [0.15, 0.2) is 7.28 Å². The Hall–Kier alpha value is -7.76. The van der Waals surface area contributed by atoms with Crippen molar-refractivity contribution in [1.82, 2.24) is 0 Å². The number of benzene rings is 9. The quantitative estimate of drug-likeness (QED) is 0.161. The first-order chi connectivity index (χ1) is 42.6. The second kappa shape index (κ2) is 20.4. The van der Waals surface area contributed by atoms with Crippen molar-refractivity contribution in [1.29, 1.82) is 0 Å². The lowest BCUT2D eigenvalue weighted by Crippen LogP contribution is -2.44. The van der Waals surface area contributed by atoms with Crippen molar-refractivity contribution in [2.75, 3.05) is 15.1 Å². The van der Waals surface area contributed by atoms with Crippen LogP contribution in [0, 0.1) is 6.92 Å². The average Bonchev–Trinajstić information content (AvgIpc) is 1.70. The van der Waals surface area contributed by atoms with Gasteiger partial charge in [0.2, 0.25) is 0 Å². The molecule has 0 atom stereocenters. The van der Waals surface area contributed by atoms with Crippen molar-refractivity contribution in [3.63, 3.8) is 0 Å². The molecule has 464 valence electrons. The standard InChI is InChI=1S/C86H96BN3O/c1-51-43-66-68(84(15,16)41-39-82(66,11)12)49-72(51)90-73-50-69-67(83(13,14)40-42-85(69,17)18)47-70(73)87-77-74(90)46-62-60-23-21-22-24-75(60)91-78(62)76(77)63-45-61-59-38-37-58(44-64(59)86(19,20)65(61)48-71(63)88-55-31-25-52(26-32-55)79(2,3)4)89(56-33-27-53(28-34-56)80(5,6)7)57-35-29-54(30-36-57)81(8,9)10/h21-38,43-50,87-88H,39-42H2,1-20H3. The highest BCUT2D eigenvalue weighted by molar-refractivity contribution is 6.74. The smallest absolute Gasteiger partial charge is 0.198 e. The maximum absolute atomic E-state index is 7.45. The largest absolute Gasteiger partial charge is 0.455 e. The van der Waals surface area contributed by atoms with E-state index in [4.69, 9.17) is 4.42 Å². The van der Waals surface area contributed by atoms with E-state index in [1.807, 2.05) is 0 Å². The van der Waals surface area contributed by atoms with Crippen LogP contribution in [-0.4, -0.2) is 7.28 Å². The molecule has 0 unspecified atom stereocenters. The van der Waals surface area contributed by atoms with E-state index in [9.17, 15) is 0 Å². The first-order valence-electron chi connectivity index (χ1n) is 33.9. The molecule has 0 saturated carbocycles.